The summed E-state index contributed by atoms with van der Waals surface area (Å²) in [5, 5.41) is 5.27. The summed E-state index contributed by atoms with van der Waals surface area (Å²) in [6.07, 6.45) is -0.0123. The third kappa shape index (κ3) is 2.10. The highest BCUT2D eigenvalue weighted by Gasteiger charge is 2.32. The first kappa shape index (κ1) is 9.97. The summed E-state index contributed by atoms with van der Waals surface area (Å²) in [6.45, 7) is 0.845. The van der Waals surface area contributed by atoms with Crippen molar-refractivity contribution in [1.29, 1.82) is 0 Å². The first-order valence-electron chi connectivity index (χ1n) is 4.50. The third-order valence-corrected chi connectivity index (χ3v) is 2.97. The Morgan fingerprint density at radius 2 is 2.60 bits per heavy atom. The third-order valence-electron chi connectivity index (χ3n) is 2.08. The fourth-order valence-electron chi connectivity index (χ4n) is 1.41. The molecule has 1 aromatic heterocycles. The van der Waals surface area contributed by atoms with Gasteiger partial charge in [0.05, 0.1) is 13.1 Å². The van der Waals surface area contributed by atoms with Crippen LogP contribution >= 0.6 is 11.3 Å². The maximum atomic E-state index is 11.4. The topological polar surface area (TPSA) is 58.6 Å². The first-order chi connectivity index (χ1) is 7.31. The lowest BCUT2D eigenvalue weighted by atomic mass is 10.3. The van der Waals surface area contributed by atoms with Crippen molar-refractivity contribution < 1.29 is 14.3 Å². The van der Waals surface area contributed by atoms with Crippen molar-refractivity contribution in [2.24, 2.45) is 0 Å². The average molecular weight is 226 g/mol. The van der Waals surface area contributed by atoms with Crippen LogP contribution in [0.15, 0.2) is 17.5 Å². The summed E-state index contributed by atoms with van der Waals surface area (Å²) in [5.41, 5.74) is 0. The average Bonchev–Trinajstić information content (AvgIpc) is 2.83. The number of hydrogen-bond donors (Lipinski definition) is 1. The summed E-state index contributed by atoms with van der Waals surface area (Å²) in [4.78, 5) is 23.1. The van der Waals surface area contributed by atoms with Crippen LogP contribution in [0.1, 0.15) is 0 Å². The monoisotopic (exact) mass is 226 g/mol. The Hall–Kier alpha value is -1.56. The Morgan fingerprint density at radius 3 is 3.27 bits per heavy atom. The molecule has 1 aromatic rings. The maximum absolute atomic E-state index is 11.4. The molecule has 1 aliphatic rings. The number of thiophene rings is 1. The summed E-state index contributed by atoms with van der Waals surface area (Å²) < 4.78 is 5.07. The fourth-order valence-corrected chi connectivity index (χ4v) is 2.14. The van der Waals surface area contributed by atoms with E-state index in [9.17, 15) is 9.59 Å². The van der Waals surface area contributed by atoms with Crippen LogP contribution in [-0.4, -0.2) is 31.7 Å². The largest absolute Gasteiger partial charge is 0.442 e. The van der Waals surface area contributed by atoms with E-state index in [-0.39, 0.29) is 12.2 Å². The summed E-state index contributed by atoms with van der Waals surface area (Å²) >= 11 is 1.48. The van der Waals surface area contributed by atoms with Gasteiger partial charge in [0.2, 0.25) is 6.41 Å². The van der Waals surface area contributed by atoms with Gasteiger partial charge in [-0.15, -0.1) is 11.3 Å². The predicted octanol–water partition coefficient (Wildman–Crippen LogP) is 0.819. The van der Waals surface area contributed by atoms with Crippen LogP contribution in [0.25, 0.3) is 0 Å². The van der Waals surface area contributed by atoms with Crippen LogP contribution in [-0.2, 0) is 9.53 Å². The highest BCUT2D eigenvalue weighted by atomic mass is 32.1. The molecule has 1 unspecified atom stereocenters. The molecule has 2 rings (SSSR count). The normalized spacial score (nSPS) is 20.1. The molecule has 80 valence electrons. The van der Waals surface area contributed by atoms with E-state index >= 15 is 0 Å². The van der Waals surface area contributed by atoms with Crippen molar-refractivity contribution >= 4 is 28.8 Å². The molecule has 0 spiro atoms. The van der Waals surface area contributed by atoms with E-state index in [0.717, 1.165) is 5.00 Å². The number of carbonyl (C=O) groups excluding carboxylic acids is 2. The van der Waals surface area contributed by atoms with Gasteiger partial charge in [0.25, 0.3) is 0 Å². The van der Waals surface area contributed by atoms with E-state index in [2.05, 4.69) is 5.32 Å². The zero-order valence-electron chi connectivity index (χ0n) is 7.88. The van der Waals surface area contributed by atoms with Crippen molar-refractivity contribution in [2.45, 2.75) is 6.10 Å². The SMILES string of the molecule is O=CNCC1CN(c2cccs2)C(=O)O1. The maximum Gasteiger partial charge on any atom is 0.415 e. The zero-order valence-corrected chi connectivity index (χ0v) is 8.70. The number of anilines is 1. The zero-order chi connectivity index (χ0) is 10.7. The Morgan fingerprint density at radius 1 is 1.73 bits per heavy atom. The highest BCUT2D eigenvalue weighted by Crippen LogP contribution is 2.25. The van der Waals surface area contributed by atoms with Gasteiger partial charge in [0.15, 0.2) is 0 Å². The second-order valence-electron chi connectivity index (χ2n) is 3.09. The molecular formula is C9H10N2O3S. The molecule has 1 N–H and O–H groups in total. The highest BCUT2D eigenvalue weighted by molar-refractivity contribution is 7.14. The van der Waals surface area contributed by atoms with Crippen molar-refractivity contribution in [3.8, 4) is 0 Å². The van der Waals surface area contributed by atoms with Crippen LogP contribution in [0.2, 0.25) is 0 Å². The Kier molecular flexibility index (Phi) is 2.86. The standard InChI is InChI=1S/C9H10N2O3S/c12-6-10-4-7-5-11(9(13)14-7)8-2-1-3-15-8/h1-3,6-7H,4-5H2,(H,10,12). The van der Waals surface area contributed by atoms with Gasteiger partial charge in [-0.3, -0.25) is 9.69 Å². The van der Waals surface area contributed by atoms with Gasteiger partial charge in [0.1, 0.15) is 11.1 Å². The van der Waals surface area contributed by atoms with Crippen LogP contribution in [0, 0.1) is 0 Å². The quantitative estimate of drug-likeness (QED) is 0.773. The van der Waals surface area contributed by atoms with Crippen LogP contribution < -0.4 is 10.2 Å². The fraction of sp³-hybridized carbons (Fsp3) is 0.333. The molecule has 0 radical (unpaired) electrons. The molecule has 2 heterocycles. The van der Waals surface area contributed by atoms with Gasteiger partial charge in [0, 0.05) is 0 Å². The van der Waals surface area contributed by atoms with Gasteiger partial charge in [-0.25, -0.2) is 4.79 Å². The van der Waals surface area contributed by atoms with E-state index in [1.807, 2.05) is 17.5 Å². The van der Waals surface area contributed by atoms with Crippen molar-refractivity contribution in [1.82, 2.24) is 5.32 Å². The van der Waals surface area contributed by atoms with E-state index in [1.165, 1.54) is 11.3 Å². The molecule has 1 saturated heterocycles. The molecule has 0 bridgehead atoms. The smallest absolute Gasteiger partial charge is 0.415 e. The molecule has 1 atom stereocenters. The molecule has 0 aliphatic carbocycles. The summed E-state index contributed by atoms with van der Waals surface area (Å²) in [6, 6.07) is 3.74. The molecule has 15 heavy (non-hydrogen) atoms. The van der Waals surface area contributed by atoms with E-state index in [1.54, 1.807) is 4.90 Å². The second-order valence-corrected chi connectivity index (χ2v) is 4.02. The second kappa shape index (κ2) is 4.31. The van der Waals surface area contributed by atoms with Crippen molar-refractivity contribution in [2.75, 3.05) is 18.0 Å². The Balaban J connectivity index is 1.98. The van der Waals surface area contributed by atoms with Gasteiger partial charge >= 0.3 is 6.09 Å². The minimum atomic E-state index is -0.352. The molecule has 0 saturated carbocycles. The number of nitrogens with one attached hydrogen (secondary N) is 1. The Labute approximate surface area is 90.6 Å². The lowest BCUT2D eigenvalue weighted by Gasteiger charge is -2.09. The summed E-state index contributed by atoms with van der Waals surface area (Å²) in [5.74, 6) is 0. The molecule has 1 fully saturated rings. The van der Waals surface area contributed by atoms with Gasteiger partial charge in [-0.2, -0.15) is 0 Å². The van der Waals surface area contributed by atoms with Gasteiger partial charge < -0.3 is 10.1 Å². The molecule has 6 heteroatoms. The number of ether oxygens (including phenoxy) is 1. The van der Waals surface area contributed by atoms with Gasteiger partial charge in [-0.1, -0.05) is 0 Å². The molecular weight excluding hydrogens is 216 g/mol. The number of cyclic esters (lactones) is 1. The van der Waals surface area contributed by atoms with Crippen molar-refractivity contribution in [3.05, 3.63) is 17.5 Å². The number of carbonyl (C=O) groups is 2. The minimum Gasteiger partial charge on any atom is -0.442 e. The molecule has 5 nitrogen and oxygen atoms in total. The minimum absolute atomic E-state index is 0.259. The van der Waals surface area contributed by atoms with Crippen LogP contribution in [0.5, 0.6) is 0 Å². The number of hydrogen-bond acceptors (Lipinski definition) is 4. The van der Waals surface area contributed by atoms with E-state index in [4.69, 9.17) is 4.74 Å². The number of amides is 2. The van der Waals surface area contributed by atoms with Crippen LogP contribution in [0.4, 0.5) is 9.80 Å². The number of rotatable bonds is 4. The molecule has 0 aromatic carbocycles. The predicted molar refractivity (Wildman–Crippen MR) is 56.0 cm³/mol. The Bertz CT molecular complexity index is 352. The molecule has 2 amide bonds. The van der Waals surface area contributed by atoms with E-state index in [0.29, 0.717) is 19.5 Å². The lowest BCUT2D eigenvalue weighted by molar-refractivity contribution is -0.109. The van der Waals surface area contributed by atoms with Crippen molar-refractivity contribution in [3.63, 3.8) is 0 Å². The number of nitrogens with zero attached hydrogens (tertiary/aromatic N) is 1. The first-order valence-corrected chi connectivity index (χ1v) is 5.38. The van der Waals surface area contributed by atoms with E-state index < -0.39 is 0 Å². The summed E-state index contributed by atoms with van der Waals surface area (Å²) in [7, 11) is 0. The van der Waals surface area contributed by atoms with Gasteiger partial charge in [-0.05, 0) is 17.5 Å². The van der Waals surface area contributed by atoms with Crippen LogP contribution in [0.3, 0.4) is 0 Å². The molecule has 1 aliphatic heterocycles. The lowest BCUT2D eigenvalue weighted by Crippen LogP contribution is -2.29.